The van der Waals surface area contributed by atoms with Crippen LogP contribution in [-0.2, 0) is 23.7 Å². The maximum absolute atomic E-state index is 15.3. The van der Waals surface area contributed by atoms with Gasteiger partial charge in [-0.3, -0.25) is 0 Å². The SMILES string of the molecule is CCOC(=O)C1=Cc2cc(F)c(N3CCC4(C3)OCC(CNC(=O)OC(C)(C)C)O4)nc2N(C2CC2)C1. The minimum Gasteiger partial charge on any atom is -0.463 e. The van der Waals surface area contributed by atoms with Crippen molar-refractivity contribution in [3.63, 3.8) is 0 Å². The van der Waals surface area contributed by atoms with E-state index in [1.807, 2.05) is 4.90 Å². The van der Waals surface area contributed by atoms with Crippen LogP contribution in [0.2, 0.25) is 0 Å². The Morgan fingerprint density at radius 3 is 2.78 bits per heavy atom. The number of halogens is 1. The van der Waals surface area contributed by atoms with Crippen LogP contribution in [0.15, 0.2) is 11.6 Å². The second-order valence-corrected chi connectivity index (χ2v) is 11.0. The molecule has 1 aromatic heterocycles. The largest absolute Gasteiger partial charge is 0.463 e. The number of fused-ring (bicyclic) bond motifs is 1. The number of nitrogens with one attached hydrogen (secondary N) is 1. The molecule has 0 radical (unpaired) electrons. The molecule has 1 spiro atoms. The normalized spacial score (nSPS) is 25.2. The lowest BCUT2D eigenvalue weighted by molar-refractivity contribution is -0.149. The zero-order valence-corrected chi connectivity index (χ0v) is 21.8. The van der Waals surface area contributed by atoms with Crippen molar-refractivity contribution in [3.8, 4) is 0 Å². The number of carbonyl (C=O) groups excluding carboxylic acids is 2. The van der Waals surface area contributed by atoms with E-state index >= 15 is 4.39 Å². The predicted octanol–water partition coefficient (Wildman–Crippen LogP) is 3.00. The van der Waals surface area contributed by atoms with Gasteiger partial charge < -0.3 is 34.1 Å². The van der Waals surface area contributed by atoms with Crippen molar-refractivity contribution < 1.29 is 32.9 Å². The summed E-state index contributed by atoms with van der Waals surface area (Å²) < 4.78 is 38.0. The first-order valence-corrected chi connectivity index (χ1v) is 12.9. The lowest BCUT2D eigenvalue weighted by Crippen LogP contribution is -2.40. The molecule has 1 N–H and O–H groups in total. The van der Waals surface area contributed by atoms with Gasteiger partial charge in [-0.1, -0.05) is 0 Å². The quantitative estimate of drug-likeness (QED) is 0.570. The van der Waals surface area contributed by atoms with Gasteiger partial charge in [0.2, 0.25) is 0 Å². The van der Waals surface area contributed by atoms with E-state index in [2.05, 4.69) is 10.2 Å². The Balaban J connectivity index is 1.27. The molecule has 4 aliphatic rings. The number of nitrogens with zero attached hydrogens (tertiary/aromatic N) is 3. The summed E-state index contributed by atoms with van der Waals surface area (Å²) in [5, 5.41) is 2.72. The number of anilines is 2. The molecule has 10 nitrogen and oxygen atoms in total. The maximum atomic E-state index is 15.3. The summed E-state index contributed by atoms with van der Waals surface area (Å²) in [5.74, 6) is -0.792. The highest BCUT2D eigenvalue weighted by Gasteiger charge is 2.48. The summed E-state index contributed by atoms with van der Waals surface area (Å²) in [7, 11) is 0. The first kappa shape index (κ1) is 25.7. The molecule has 5 rings (SSSR count). The van der Waals surface area contributed by atoms with Crippen LogP contribution in [0.4, 0.5) is 20.8 Å². The van der Waals surface area contributed by atoms with Crippen LogP contribution < -0.4 is 15.1 Å². The fourth-order valence-electron chi connectivity index (χ4n) is 4.95. The maximum Gasteiger partial charge on any atom is 0.407 e. The van der Waals surface area contributed by atoms with Crippen LogP contribution in [0.3, 0.4) is 0 Å². The topological polar surface area (TPSA) is 102 Å². The minimum atomic E-state index is -0.878. The molecular formula is C26H35FN4O6. The van der Waals surface area contributed by atoms with E-state index in [1.165, 1.54) is 6.07 Å². The Kier molecular flexibility index (Phi) is 6.78. The van der Waals surface area contributed by atoms with Crippen molar-refractivity contribution in [2.75, 3.05) is 49.2 Å². The van der Waals surface area contributed by atoms with Gasteiger partial charge in [0.25, 0.3) is 0 Å². The van der Waals surface area contributed by atoms with Crippen molar-refractivity contribution in [3.05, 3.63) is 23.0 Å². The van der Waals surface area contributed by atoms with Gasteiger partial charge in [0.1, 0.15) is 17.5 Å². The standard InChI is InChI=1S/C26H35FN4O6/c1-5-34-23(32)17-10-16-11-20(27)22(29-21(16)31(13-17)18-6-7-18)30-9-8-26(15-30)35-14-19(36-26)12-28-24(33)37-25(2,3)4/h10-11,18-19H,5-9,12-15H2,1-4H3,(H,28,33). The molecule has 4 heterocycles. The number of amides is 1. The molecule has 1 aliphatic carbocycles. The lowest BCUT2D eigenvalue weighted by atomic mass is 10.1. The van der Waals surface area contributed by atoms with Crippen molar-refractivity contribution in [2.24, 2.45) is 0 Å². The lowest BCUT2D eigenvalue weighted by Gasteiger charge is -2.31. The highest BCUT2D eigenvalue weighted by molar-refractivity contribution is 5.97. The Bertz CT molecular complexity index is 1100. The van der Waals surface area contributed by atoms with Gasteiger partial charge in [-0.2, -0.15) is 0 Å². The molecule has 2 atom stereocenters. The van der Waals surface area contributed by atoms with Crippen LogP contribution in [0.25, 0.3) is 6.08 Å². The summed E-state index contributed by atoms with van der Waals surface area (Å²) >= 11 is 0. The highest BCUT2D eigenvalue weighted by atomic mass is 19.1. The molecule has 3 fully saturated rings. The predicted molar refractivity (Wildman–Crippen MR) is 134 cm³/mol. The Morgan fingerprint density at radius 2 is 2.08 bits per heavy atom. The molecule has 1 aromatic rings. The second-order valence-electron chi connectivity index (χ2n) is 11.0. The Morgan fingerprint density at radius 1 is 1.30 bits per heavy atom. The molecular weight excluding hydrogens is 483 g/mol. The third kappa shape index (κ3) is 5.67. The molecule has 2 saturated heterocycles. The number of alkyl carbamates (subject to hydrolysis) is 1. The molecule has 37 heavy (non-hydrogen) atoms. The minimum absolute atomic E-state index is 0.247. The fourth-order valence-corrected chi connectivity index (χ4v) is 4.95. The number of carbonyl (C=O) groups is 2. The molecule has 2 unspecified atom stereocenters. The first-order valence-electron chi connectivity index (χ1n) is 12.9. The van der Waals surface area contributed by atoms with Crippen LogP contribution in [0.1, 0.15) is 52.5 Å². The van der Waals surface area contributed by atoms with Gasteiger partial charge in [-0.25, -0.2) is 19.0 Å². The van der Waals surface area contributed by atoms with Gasteiger partial charge in [-0.05, 0) is 52.7 Å². The summed E-state index contributed by atoms with van der Waals surface area (Å²) in [6, 6.07) is 1.73. The summed E-state index contributed by atoms with van der Waals surface area (Å²) in [6.45, 7) is 9.28. The molecule has 202 valence electrons. The van der Waals surface area contributed by atoms with Gasteiger partial charge in [0.15, 0.2) is 17.4 Å². The van der Waals surface area contributed by atoms with Crippen LogP contribution in [0.5, 0.6) is 0 Å². The monoisotopic (exact) mass is 518 g/mol. The van der Waals surface area contributed by atoms with Gasteiger partial charge >= 0.3 is 12.1 Å². The number of pyridine rings is 1. The Labute approximate surface area is 216 Å². The summed E-state index contributed by atoms with van der Waals surface area (Å²) in [5.41, 5.74) is 0.508. The van der Waals surface area contributed by atoms with Gasteiger partial charge in [-0.15, -0.1) is 0 Å². The smallest absolute Gasteiger partial charge is 0.407 e. The molecule has 11 heteroatoms. The van der Waals surface area contributed by atoms with E-state index in [1.54, 1.807) is 33.8 Å². The zero-order valence-electron chi connectivity index (χ0n) is 21.8. The van der Waals surface area contributed by atoms with Gasteiger partial charge in [0.05, 0.1) is 31.9 Å². The third-order valence-electron chi connectivity index (χ3n) is 6.71. The molecule has 1 saturated carbocycles. The van der Waals surface area contributed by atoms with E-state index in [0.717, 1.165) is 12.8 Å². The number of hydrogen-bond acceptors (Lipinski definition) is 9. The molecule has 0 bridgehead atoms. The third-order valence-corrected chi connectivity index (χ3v) is 6.71. The summed E-state index contributed by atoms with van der Waals surface area (Å²) in [6.07, 6.45) is 3.42. The van der Waals surface area contributed by atoms with Crippen LogP contribution in [-0.4, -0.2) is 80.0 Å². The summed E-state index contributed by atoms with van der Waals surface area (Å²) in [4.78, 5) is 33.0. The van der Waals surface area contributed by atoms with Crippen molar-refractivity contribution in [1.29, 1.82) is 0 Å². The highest BCUT2D eigenvalue weighted by Crippen LogP contribution is 2.41. The molecule has 3 aliphatic heterocycles. The van der Waals surface area contributed by atoms with E-state index in [4.69, 9.17) is 23.9 Å². The van der Waals surface area contributed by atoms with E-state index in [0.29, 0.717) is 49.6 Å². The van der Waals surface area contributed by atoms with Crippen LogP contribution in [0, 0.1) is 5.82 Å². The van der Waals surface area contributed by atoms with E-state index in [9.17, 15) is 9.59 Å². The fraction of sp³-hybridized carbons (Fsp3) is 0.654. The van der Waals surface area contributed by atoms with Gasteiger partial charge in [0, 0.05) is 31.1 Å². The Hall–Kier alpha value is -2.92. The van der Waals surface area contributed by atoms with Crippen molar-refractivity contribution >= 4 is 29.8 Å². The molecule has 1 amide bonds. The number of rotatable bonds is 6. The second kappa shape index (κ2) is 9.75. The molecule has 0 aromatic carbocycles. The number of ether oxygens (including phenoxy) is 4. The average molecular weight is 519 g/mol. The number of aromatic nitrogens is 1. The van der Waals surface area contributed by atoms with E-state index in [-0.39, 0.29) is 37.1 Å². The average Bonchev–Trinajstić information content (AvgIpc) is 3.48. The zero-order chi connectivity index (χ0) is 26.4. The van der Waals surface area contributed by atoms with Crippen molar-refractivity contribution in [1.82, 2.24) is 10.3 Å². The van der Waals surface area contributed by atoms with E-state index < -0.39 is 23.3 Å². The first-order chi connectivity index (χ1) is 17.6. The van der Waals surface area contributed by atoms with Crippen LogP contribution >= 0.6 is 0 Å². The number of esters is 1. The number of hydrogen-bond donors (Lipinski definition) is 1. The van der Waals surface area contributed by atoms with Crippen molar-refractivity contribution in [2.45, 2.75) is 70.5 Å².